The van der Waals surface area contributed by atoms with E-state index < -0.39 is 73.9 Å². The van der Waals surface area contributed by atoms with Crippen LogP contribution in [-0.2, 0) is 20.7 Å². The second kappa shape index (κ2) is 21.1. The first-order chi connectivity index (χ1) is 20.7. The third-order valence-corrected chi connectivity index (χ3v) is 8.07. The number of aliphatic hydroxyl groups excluding tert-OH is 6. The van der Waals surface area contributed by atoms with Gasteiger partial charge in [-0.1, -0.05) is 96.1 Å². The van der Waals surface area contributed by atoms with E-state index in [0.717, 1.165) is 19.3 Å². The molecular weight excluding hydrogens is 561 g/mol. The van der Waals surface area contributed by atoms with Crippen molar-refractivity contribution in [3.05, 3.63) is 35.6 Å². The fourth-order valence-corrected chi connectivity index (χ4v) is 5.31. The number of carbonyl (C=O) groups excluding carboxylic acids is 1. The number of ether oxygens (including phenoxy) is 2. The van der Waals surface area contributed by atoms with Crippen molar-refractivity contribution in [2.45, 2.75) is 146 Å². The number of benzene rings is 1. The predicted octanol–water partition coefficient (Wildman–Crippen LogP) is 2.48. The molecule has 2 rings (SSSR count). The molecular formula is C32H54FNO9. The summed E-state index contributed by atoms with van der Waals surface area (Å²) in [6, 6.07) is 4.28. The Hall–Kier alpha value is -1.70. The van der Waals surface area contributed by atoms with Gasteiger partial charge in [-0.3, -0.25) is 4.79 Å². The zero-order valence-electron chi connectivity index (χ0n) is 25.5. The summed E-state index contributed by atoms with van der Waals surface area (Å²) in [5.41, 5.74) is 0.541. The van der Waals surface area contributed by atoms with E-state index in [1.165, 1.54) is 75.6 Å². The van der Waals surface area contributed by atoms with Gasteiger partial charge in [0.05, 0.1) is 31.8 Å². The quantitative estimate of drug-likeness (QED) is 0.0969. The number of aliphatic hydroxyl groups is 6. The van der Waals surface area contributed by atoms with E-state index in [1.54, 1.807) is 0 Å². The molecule has 1 aliphatic rings. The average Bonchev–Trinajstić information content (AvgIpc) is 3.00. The van der Waals surface area contributed by atoms with Gasteiger partial charge in [-0.15, -0.1) is 0 Å². The Kier molecular flexibility index (Phi) is 18.4. The molecule has 0 aliphatic carbocycles. The number of unbranched alkanes of at least 4 members (excludes halogenated alkanes) is 11. The Morgan fingerprint density at radius 2 is 1.44 bits per heavy atom. The van der Waals surface area contributed by atoms with Crippen LogP contribution in [0.5, 0.6) is 0 Å². The van der Waals surface area contributed by atoms with Crippen LogP contribution in [-0.4, -0.2) is 98.7 Å². The van der Waals surface area contributed by atoms with Gasteiger partial charge in [0, 0.05) is 0 Å². The van der Waals surface area contributed by atoms with Gasteiger partial charge >= 0.3 is 0 Å². The van der Waals surface area contributed by atoms with Gasteiger partial charge in [0.2, 0.25) is 5.91 Å². The number of hydrogen-bond acceptors (Lipinski definition) is 9. The normalized spacial score (nSPS) is 24.4. The van der Waals surface area contributed by atoms with Gasteiger partial charge in [0.1, 0.15) is 36.3 Å². The maximum atomic E-state index is 13.3. The van der Waals surface area contributed by atoms with E-state index in [2.05, 4.69) is 12.2 Å². The highest BCUT2D eigenvalue weighted by molar-refractivity contribution is 5.78. The molecule has 0 saturated carbocycles. The first kappa shape index (κ1) is 37.5. The lowest BCUT2D eigenvalue weighted by molar-refractivity contribution is -0.303. The lowest BCUT2D eigenvalue weighted by Gasteiger charge is -2.40. The highest BCUT2D eigenvalue weighted by atomic mass is 19.1. The van der Waals surface area contributed by atoms with Gasteiger partial charge < -0.3 is 45.4 Å². The minimum Gasteiger partial charge on any atom is -0.394 e. The molecule has 8 atom stereocenters. The Labute approximate surface area is 255 Å². The summed E-state index contributed by atoms with van der Waals surface area (Å²) in [4.78, 5) is 12.8. The second-order valence-electron chi connectivity index (χ2n) is 11.7. The molecule has 248 valence electrons. The fraction of sp³-hybridized carbons (Fsp3) is 0.781. The summed E-state index contributed by atoms with van der Waals surface area (Å²) in [6.45, 7) is 1.17. The van der Waals surface area contributed by atoms with Crippen LogP contribution in [0.15, 0.2) is 24.3 Å². The van der Waals surface area contributed by atoms with E-state index >= 15 is 0 Å². The molecule has 1 aromatic rings. The monoisotopic (exact) mass is 615 g/mol. The maximum Gasteiger partial charge on any atom is 0.224 e. The highest BCUT2D eigenvalue weighted by Crippen LogP contribution is 2.23. The Balaban J connectivity index is 1.85. The molecule has 0 spiro atoms. The van der Waals surface area contributed by atoms with E-state index in [-0.39, 0.29) is 6.42 Å². The zero-order valence-corrected chi connectivity index (χ0v) is 25.5. The number of nitrogens with one attached hydrogen (secondary N) is 1. The summed E-state index contributed by atoms with van der Waals surface area (Å²) < 4.78 is 24.2. The molecule has 1 saturated heterocycles. The van der Waals surface area contributed by atoms with Gasteiger partial charge in [0.25, 0.3) is 0 Å². The fourth-order valence-electron chi connectivity index (χ4n) is 5.31. The van der Waals surface area contributed by atoms with E-state index in [1.807, 2.05) is 0 Å². The second-order valence-corrected chi connectivity index (χ2v) is 11.7. The molecule has 1 aromatic carbocycles. The molecule has 1 heterocycles. The van der Waals surface area contributed by atoms with Crippen LogP contribution < -0.4 is 5.32 Å². The van der Waals surface area contributed by atoms with Gasteiger partial charge in [-0.2, -0.15) is 0 Å². The minimum absolute atomic E-state index is 0.113. The Morgan fingerprint density at radius 3 is 2.00 bits per heavy atom. The SMILES string of the molecule is CCCCCCCCCCCCCCC(O)C(O)C(COC1OC(CO)C(O)C(O)C1O)NC(=O)Cc1ccc(F)cc1. The van der Waals surface area contributed by atoms with Gasteiger partial charge in [0.15, 0.2) is 6.29 Å². The number of carbonyl (C=O) groups is 1. The Bertz CT molecular complexity index is 875. The molecule has 0 radical (unpaired) electrons. The summed E-state index contributed by atoms with van der Waals surface area (Å²) in [6.07, 6.45) is 4.06. The first-order valence-corrected chi connectivity index (χ1v) is 16.0. The number of amides is 1. The van der Waals surface area contributed by atoms with Gasteiger partial charge in [-0.25, -0.2) is 4.39 Å². The van der Waals surface area contributed by atoms with Gasteiger partial charge in [-0.05, 0) is 24.1 Å². The molecule has 1 aliphatic heterocycles. The molecule has 1 amide bonds. The molecule has 1 fully saturated rings. The van der Waals surface area contributed by atoms with Crippen molar-refractivity contribution in [3.63, 3.8) is 0 Å². The van der Waals surface area contributed by atoms with E-state index in [9.17, 15) is 39.8 Å². The molecule has 11 heteroatoms. The van der Waals surface area contributed by atoms with E-state index in [4.69, 9.17) is 9.47 Å². The summed E-state index contributed by atoms with van der Waals surface area (Å²) in [5, 5.41) is 64.1. The minimum atomic E-state index is -1.66. The standard InChI is InChI=1S/C32H54FNO9/c1-2-3-4-5-6-7-8-9-10-11-12-13-14-25(36)28(38)24(34-27(37)19-22-15-17-23(33)18-16-22)21-42-32-31(41)30(40)29(39)26(20-35)43-32/h15-18,24-26,28-32,35-36,38-41H,2-14,19-21H2,1H3,(H,34,37). The third kappa shape index (κ3) is 13.9. The molecule has 0 bridgehead atoms. The van der Waals surface area contributed by atoms with Crippen molar-refractivity contribution < 1.29 is 49.3 Å². The van der Waals surface area contributed by atoms with Crippen molar-refractivity contribution in [3.8, 4) is 0 Å². The highest BCUT2D eigenvalue weighted by Gasteiger charge is 2.44. The molecule has 10 nitrogen and oxygen atoms in total. The van der Waals surface area contributed by atoms with Crippen LogP contribution in [0.3, 0.4) is 0 Å². The maximum absolute atomic E-state index is 13.3. The van der Waals surface area contributed by atoms with Crippen LogP contribution >= 0.6 is 0 Å². The lowest BCUT2D eigenvalue weighted by Crippen LogP contribution is -2.60. The van der Waals surface area contributed by atoms with Crippen LogP contribution in [0, 0.1) is 5.82 Å². The summed E-state index contributed by atoms with van der Waals surface area (Å²) in [5.74, 6) is -0.947. The molecule has 0 aromatic heterocycles. The number of hydrogen-bond donors (Lipinski definition) is 7. The largest absolute Gasteiger partial charge is 0.394 e. The number of halogens is 1. The third-order valence-electron chi connectivity index (χ3n) is 8.07. The smallest absolute Gasteiger partial charge is 0.224 e. The average molecular weight is 616 g/mol. The summed E-state index contributed by atoms with van der Waals surface area (Å²) in [7, 11) is 0. The molecule has 43 heavy (non-hydrogen) atoms. The van der Waals surface area contributed by atoms with E-state index in [0.29, 0.717) is 18.4 Å². The Morgan fingerprint density at radius 1 is 0.884 bits per heavy atom. The van der Waals surface area contributed by atoms with Crippen LogP contribution in [0.1, 0.15) is 96.0 Å². The van der Waals surface area contributed by atoms with Crippen LogP contribution in [0.2, 0.25) is 0 Å². The topological polar surface area (TPSA) is 169 Å². The predicted molar refractivity (Wildman–Crippen MR) is 159 cm³/mol. The van der Waals surface area contributed by atoms with Crippen LogP contribution in [0.4, 0.5) is 4.39 Å². The lowest BCUT2D eigenvalue weighted by atomic mass is 9.98. The van der Waals surface area contributed by atoms with Crippen molar-refractivity contribution in [2.24, 2.45) is 0 Å². The number of rotatable bonds is 22. The zero-order chi connectivity index (χ0) is 31.6. The summed E-state index contributed by atoms with van der Waals surface area (Å²) >= 11 is 0. The molecule has 8 unspecified atom stereocenters. The van der Waals surface area contributed by atoms with Crippen molar-refractivity contribution in [2.75, 3.05) is 13.2 Å². The van der Waals surface area contributed by atoms with Crippen molar-refractivity contribution in [1.29, 1.82) is 0 Å². The first-order valence-electron chi connectivity index (χ1n) is 16.0. The molecule has 7 N–H and O–H groups in total. The van der Waals surface area contributed by atoms with Crippen LogP contribution in [0.25, 0.3) is 0 Å². The van der Waals surface area contributed by atoms with Crippen molar-refractivity contribution >= 4 is 5.91 Å². The van der Waals surface area contributed by atoms with Crippen molar-refractivity contribution in [1.82, 2.24) is 5.32 Å².